The molecule has 5 aromatic rings. The highest BCUT2D eigenvalue weighted by Gasteiger charge is 2.19. The van der Waals surface area contributed by atoms with E-state index < -0.39 is 5.91 Å². The molecule has 0 radical (unpaired) electrons. The Morgan fingerprint density at radius 1 is 0.889 bits per heavy atom. The molecule has 2 N–H and O–H groups in total. The van der Waals surface area contributed by atoms with Crippen LogP contribution in [0.4, 0.5) is 5.69 Å². The maximum Gasteiger partial charge on any atom is 0.264 e. The van der Waals surface area contributed by atoms with Crippen LogP contribution in [0, 0.1) is 6.92 Å². The van der Waals surface area contributed by atoms with Gasteiger partial charge in [0.05, 0.1) is 19.9 Å². The van der Waals surface area contributed by atoms with Gasteiger partial charge in [-0.3, -0.25) is 10.1 Å². The van der Waals surface area contributed by atoms with Gasteiger partial charge < -0.3 is 14.8 Å². The average molecular weight is 498 g/mol. The fraction of sp³-hybridized carbons (Fsp3) is 0.111. The van der Waals surface area contributed by atoms with Gasteiger partial charge in [-0.25, -0.2) is 0 Å². The lowest BCUT2D eigenvalue weighted by Crippen LogP contribution is -2.34. The molecular formula is C27H23N5O3S. The number of aromatic nitrogens is 3. The lowest BCUT2D eigenvalue weighted by atomic mass is 10.1. The summed E-state index contributed by atoms with van der Waals surface area (Å²) in [6, 6.07) is 23.1. The quantitative estimate of drug-likeness (QED) is 0.329. The normalized spacial score (nSPS) is 10.9. The molecular weight excluding hydrogens is 474 g/mol. The van der Waals surface area contributed by atoms with Crippen LogP contribution in [-0.4, -0.2) is 40.2 Å². The summed E-state index contributed by atoms with van der Waals surface area (Å²) in [4.78, 5) is 14.6. The molecule has 0 aliphatic heterocycles. The number of fused-ring (bicyclic) bond motifs is 2. The second-order valence-electron chi connectivity index (χ2n) is 8.09. The van der Waals surface area contributed by atoms with Crippen molar-refractivity contribution >= 4 is 50.7 Å². The van der Waals surface area contributed by atoms with Crippen LogP contribution < -0.4 is 20.1 Å². The van der Waals surface area contributed by atoms with E-state index in [1.54, 1.807) is 23.0 Å². The summed E-state index contributed by atoms with van der Waals surface area (Å²) in [5.41, 5.74) is 4.21. The lowest BCUT2D eigenvalue weighted by Gasteiger charge is -2.15. The molecule has 9 heteroatoms. The van der Waals surface area contributed by atoms with Crippen LogP contribution in [0.1, 0.15) is 15.9 Å². The van der Waals surface area contributed by atoms with E-state index in [2.05, 4.69) is 33.9 Å². The number of hydrogen-bond donors (Lipinski definition) is 2. The van der Waals surface area contributed by atoms with Gasteiger partial charge in [0.15, 0.2) is 5.11 Å². The zero-order chi connectivity index (χ0) is 25.2. The summed E-state index contributed by atoms with van der Waals surface area (Å²) in [5.74, 6) is 0.331. The van der Waals surface area contributed by atoms with Gasteiger partial charge in [-0.15, -0.1) is 15.0 Å². The minimum atomic E-state index is -0.442. The molecule has 36 heavy (non-hydrogen) atoms. The molecule has 1 aromatic heterocycles. The van der Waals surface area contributed by atoms with Gasteiger partial charge in [-0.05, 0) is 60.4 Å². The largest absolute Gasteiger partial charge is 0.496 e. The number of ether oxygens (including phenoxy) is 2. The molecule has 0 aliphatic rings. The summed E-state index contributed by atoms with van der Waals surface area (Å²) in [5, 5.41) is 17.5. The van der Waals surface area contributed by atoms with Crippen molar-refractivity contribution < 1.29 is 14.3 Å². The zero-order valence-corrected chi connectivity index (χ0v) is 20.7. The number of rotatable bonds is 5. The number of anilines is 1. The van der Waals surface area contributed by atoms with Crippen molar-refractivity contribution in [3.8, 4) is 17.2 Å². The van der Waals surface area contributed by atoms with E-state index in [-0.39, 0.29) is 10.7 Å². The lowest BCUT2D eigenvalue weighted by molar-refractivity contribution is 0.0971. The van der Waals surface area contributed by atoms with Gasteiger partial charge in [-0.1, -0.05) is 42.5 Å². The van der Waals surface area contributed by atoms with Crippen molar-refractivity contribution in [1.82, 2.24) is 20.3 Å². The number of nitrogens with one attached hydrogen (secondary N) is 2. The number of amides is 1. The Balaban J connectivity index is 1.41. The predicted octanol–water partition coefficient (Wildman–Crippen LogP) is 5.03. The Morgan fingerprint density at radius 2 is 1.53 bits per heavy atom. The van der Waals surface area contributed by atoms with Crippen LogP contribution in [0.5, 0.6) is 11.5 Å². The fourth-order valence-corrected chi connectivity index (χ4v) is 4.29. The van der Waals surface area contributed by atoms with E-state index in [1.807, 2.05) is 43.3 Å². The number of nitrogens with zero attached hydrogens (tertiary/aromatic N) is 3. The van der Waals surface area contributed by atoms with E-state index >= 15 is 0 Å². The zero-order valence-electron chi connectivity index (χ0n) is 19.9. The molecule has 180 valence electrons. The van der Waals surface area contributed by atoms with Gasteiger partial charge in [0.1, 0.15) is 28.1 Å². The molecule has 5 rings (SSSR count). The number of carbonyl (C=O) groups excluding carboxylic acids is 1. The summed E-state index contributed by atoms with van der Waals surface area (Å²) in [6.45, 7) is 1.94. The topological polar surface area (TPSA) is 90.3 Å². The first kappa shape index (κ1) is 23.3. The van der Waals surface area contributed by atoms with Gasteiger partial charge >= 0.3 is 0 Å². The van der Waals surface area contributed by atoms with Crippen molar-refractivity contribution in [2.45, 2.75) is 6.92 Å². The second kappa shape index (κ2) is 9.63. The van der Waals surface area contributed by atoms with E-state index in [4.69, 9.17) is 26.8 Å². The van der Waals surface area contributed by atoms with Gasteiger partial charge in [0.2, 0.25) is 0 Å². The Kier molecular flexibility index (Phi) is 6.22. The van der Waals surface area contributed by atoms with Crippen LogP contribution in [0.3, 0.4) is 0 Å². The first-order valence-electron chi connectivity index (χ1n) is 11.2. The number of hydrogen-bond acceptors (Lipinski definition) is 6. The van der Waals surface area contributed by atoms with E-state index in [1.165, 1.54) is 14.2 Å². The smallest absolute Gasteiger partial charge is 0.264 e. The number of thiocarbonyl (C=S) groups is 1. The molecule has 0 atom stereocenters. The number of benzene rings is 4. The van der Waals surface area contributed by atoms with Crippen molar-refractivity contribution in [1.29, 1.82) is 0 Å². The fourth-order valence-electron chi connectivity index (χ4n) is 4.09. The Morgan fingerprint density at radius 3 is 2.25 bits per heavy atom. The SMILES string of the molecule is COc1cccc(OC)c1C(=O)NC(=S)Nc1cc2nn(-c3cccc4ccccc34)nc2cc1C. The standard InChI is InChI=1S/C27H23N5O3S/c1-16-14-20-21(31-32(30-20)22-11-6-9-17-8-4-5-10-18(17)22)15-19(16)28-27(36)29-26(33)25-23(34-2)12-7-13-24(25)35-3/h4-15H,1-3H3,(H2,28,29,33,36). The Bertz CT molecular complexity index is 1600. The molecule has 8 nitrogen and oxygen atoms in total. The third-order valence-corrected chi connectivity index (χ3v) is 6.04. The van der Waals surface area contributed by atoms with Crippen LogP contribution in [0.25, 0.3) is 27.5 Å². The summed E-state index contributed by atoms with van der Waals surface area (Å²) in [6.07, 6.45) is 0. The summed E-state index contributed by atoms with van der Waals surface area (Å²) < 4.78 is 10.6. The highest BCUT2D eigenvalue weighted by Crippen LogP contribution is 2.28. The molecule has 0 saturated carbocycles. The molecule has 0 fully saturated rings. The van der Waals surface area contributed by atoms with Crippen LogP contribution in [0.2, 0.25) is 0 Å². The highest BCUT2D eigenvalue weighted by molar-refractivity contribution is 7.80. The molecule has 4 aromatic carbocycles. The molecule has 0 bridgehead atoms. The first-order chi connectivity index (χ1) is 17.5. The van der Waals surface area contributed by atoms with E-state index in [9.17, 15) is 4.79 Å². The van der Waals surface area contributed by atoms with Gasteiger partial charge in [-0.2, -0.15) is 0 Å². The van der Waals surface area contributed by atoms with Crippen molar-refractivity contribution in [3.63, 3.8) is 0 Å². The average Bonchev–Trinajstić information content (AvgIpc) is 3.30. The number of methoxy groups -OCH3 is 2. The van der Waals surface area contributed by atoms with Crippen molar-refractivity contribution in [2.75, 3.05) is 19.5 Å². The number of aryl methyl sites for hydroxylation is 1. The molecule has 1 heterocycles. The summed E-state index contributed by atoms with van der Waals surface area (Å²) in [7, 11) is 2.98. The minimum absolute atomic E-state index is 0.136. The first-order valence-corrected chi connectivity index (χ1v) is 11.6. The molecule has 0 spiro atoms. The molecule has 1 amide bonds. The van der Waals surface area contributed by atoms with Crippen LogP contribution in [-0.2, 0) is 0 Å². The second-order valence-corrected chi connectivity index (χ2v) is 8.50. The third-order valence-electron chi connectivity index (χ3n) is 5.84. The van der Waals surface area contributed by atoms with Gasteiger partial charge in [0.25, 0.3) is 5.91 Å². The Labute approximate surface area is 212 Å². The maximum atomic E-state index is 12.9. The van der Waals surface area contributed by atoms with Gasteiger partial charge in [0, 0.05) is 11.1 Å². The Hall–Kier alpha value is -4.50. The molecule has 0 aliphatic carbocycles. The molecule has 0 saturated heterocycles. The van der Waals surface area contributed by atoms with E-state index in [0.29, 0.717) is 22.7 Å². The molecule has 0 unspecified atom stereocenters. The highest BCUT2D eigenvalue weighted by atomic mass is 32.1. The van der Waals surface area contributed by atoms with Crippen LogP contribution in [0.15, 0.2) is 72.8 Å². The van der Waals surface area contributed by atoms with Crippen molar-refractivity contribution in [3.05, 3.63) is 83.9 Å². The van der Waals surface area contributed by atoms with Crippen molar-refractivity contribution in [2.24, 2.45) is 0 Å². The number of carbonyl (C=O) groups is 1. The third kappa shape index (κ3) is 4.32. The monoisotopic (exact) mass is 497 g/mol. The summed E-state index contributed by atoms with van der Waals surface area (Å²) >= 11 is 5.42. The predicted molar refractivity (Wildman–Crippen MR) is 144 cm³/mol. The minimum Gasteiger partial charge on any atom is -0.496 e. The van der Waals surface area contributed by atoms with Crippen LogP contribution >= 0.6 is 12.2 Å². The maximum absolute atomic E-state index is 12.9. The van der Waals surface area contributed by atoms with E-state index in [0.717, 1.165) is 27.5 Å².